The molecule has 1 atom stereocenters. The Kier molecular flexibility index (Phi) is 4.30. The van der Waals surface area contributed by atoms with Crippen molar-refractivity contribution in [3.8, 4) is 0 Å². The lowest BCUT2D eigenvalue weighted by atomic mass is 10.1. The van der Waals surface area contributed by atoms with E-state index in [1.54, 1.807) is 0 Å². The lowest BCUT2D eigenvalue weighted by Gasteiger charge is -2.14. The summed E-state index contributed by atoms with van der Waals surface area (Å²) in [6.07, 6.45) is -4.59. The van der Waals surface area contributed by atoms with Crippen LogP contribution in [-0.2, 0) is 23.0 Å². The zero-order valence-corrected chi connectivity index (χ0v) is 9.60. The smallest absolute Gasteiger partial charge is 0.416 e. The second-order valence-corrected chi connectivity index (χ2v) is 4.20. The Morgan fingerprint density at radius 3 is 2.50 bits per heavy atom. The van der Waals surface area contributed by atoms with Gasteiger partial charge in [0.15, 0.2) is 0 Å². The maximum atomic E-state index is 12.4. The Bertz CT molecular complexity index is 490. The largest absolute Gasteiger partial charge is 0.772 e. The molecule has 1 unspecified atom stereocenters. The Hall–Kier alpha value is -1.61. The average molecular weight is 281 g/mol. The first-order valence-electron chi connectivity index (χ1n) is 4.52. The molecule has 0 fully saturated rings. The summed E-state index contributed by atoms with van der Waals surface area (Å²) in [6, 6.07) is 1.34. The predicted molar refractivity (Wildman–Crippen MR) is 57.3 cm³/mol. The van der Waals surface area contributed by atoms with Gasteiger partial charge in [0, 0.05) is 11.4 Å². The molecule has 1 aromatic rings. The Labute approximate surface area is 102 Å². The number of primary amides is 1. The maximum absolute atomic E-state index is 12.4. The lowest BCUT2D eigenvalue weighted by Crippen LogP contribution is -2.20. The first kappa shape index (κ1) is 14.5. The molecular weight excluding hydrogens is 273 g/mol. The van der Waals surface area contributed by atoms with Gasteiger partial charge in [-0.2, -0.15) is 13.2 Å². The molecule has 0 aliphatic carbocycles. The number of amides is 2. The molecular formula is C9H8F3N2O3S-. The number of nitrogens with two attached hydrogens (primary N) is 1. The minimum atomic E-state index is -4.59. The Balaban J connectivity index is 3.20. The van der Waals surface area contributed by atoms with E-state index >= 15 is 0 Å². The van der Waals surface area contributed by atoms with Crippen molar-refractivity contribution >= 4 is 22.8 Å². The van der Waals surface area contributed by atoms with E-state index in [4.69, 9.17) is 5.73 Å². The third kappa shape index (κ3) is 4.00. The monoisotopic (exact) mass is 281 g/mol. The summed E-state index contributed by atoms with van der Waals surface area (Å²) in [7, 11) is 0. The molecule has 18 heavy (non-hydrogen) atoms. The van der Waals surface area contributed by atoms with E-state index in [1.807, 2.05) is 0 Å². The highest BCUT2D eigenvalue weighted by molar-refractivity contribution is 7.78. The van der Waals surface area contributed by atoms with Gasteiger partial charge < -0.3 is 15.6 Å². The van der Waals surface area contributed by atoms with E-state index < -0.39 is 34.6 Å². The van der Waals surface area contributed by atoms with Crippen molar-refractivity contribution in [3.63, 3.8) is 0 Å². The molecule has 0 radical (unpaired) electrons. The zero-order valence-electron chi connectivity index (χ0n) is 8.78. The van der Waals surface area contributed by atoms with Gasteiger partial charge in [-0.15, -0.1) is 0 Å². The number of alkyl halides is 3. The van der Waals surface area contributed by atoms with Crippen LogP contribution < -0.4 is 11.1 Å². The number of hydrogen-bond donors (Lipinski definition) is 2. The second-order valence-electron chi connectivity index (χ2n) is 3.31. The number of carbonyl (C=O) groups excluding carboxylic acids is 1. The van der Waals surface area contributed by atoms with Gasteiger partial charge in [0.1, 0.15) is 0 Å². The fourth-order valence-electron chi connectivity index (χ4n) is 1.27. The summed E-state index contributed by atoms with van der Waals surface area (Å²) in [4.78, 5) is 10.6. The molecule has 1 aromatic carbocycles. The molecule has 1 rings (SSSR count). The average Bonchev–Trinajstić information content (AvgIpc) is 2.17. The van der Waals surface area contributed by atoms with Crippen LogP contribution in [0.3, 0.4) is 0 Å². The van der Waals surface area contributed by atoms with Gasteiger partial charge >= 0.3 is 12.2 Å². The van der Waals surface area contributed by atoms with E-state index in [9.17, 15) is 26.7 Å². The summed E-state index contributed by atoms with van der Waals surface area (Å²) >= 11 is -2.59. The summed E-state index contributed by atoms with van der Waals surface area (Å²) < 4.78 is 58.4. The predicted octanol–water partition coefficient (Wildman–Crippen LogP) is 1.58. The fourth-order valence-corrected chi connectivity index (χ4v) is 1.76. The standard InChI is InChI=1S/C9H9F3N2O3S/c10-9(11,12)6-1-2-7(14-8(13)15)5(3-6)4-18(16)17/h1-3H,4H2,(H,16,17)(H3,13,14,15)/p-1. The van der Waals surface area contributed by atoms with Crippen LogP contribution in [0.15, 0.2) is 18.2 Å². The van der Waals surface area contributed by atoms with Crippen molar-refractivity contribution in [1.82, 2.24) is 0 Å². The van der Waals surface area contributed by atoms with Crippen molar-refractivity contribution in [2.75, 3.05) is 5.32 Å². The van der Waals surface area contributed by atoms with Gasteiger partial charge in [0.2, 0.25) is 0 Å². The first-order chi connectivity index (χ1) is 8.20. The fraction of sp³-hybridized carbons (Fsp3) is 0.222. The van der Waals surface area contributed by atoms with Crippen LogP contribution in [0.4, 0.5) is 23.7 Å². The third-order valence-electron chi connectivity index (χ3n) is 1.96. The first-order valence-corrected chi connectivity index (χ1v) is 5.77. The van der Waals surface area contributed by atoms with E-state index in [1.165, 1.54) is 0 Å². The number of nitrogens with one attached hydrogen (secondary N) is 1. The van der Waals surface area contributed by atoms with Crippen LogP contribution in [0.25, 0.3) is 0 Å². The van der Waals surface area contributed by atoms with Crippen molar-refractivity contribution in [2.45, 2.75) is 11.9 Å². The van der Waals surface area contributed by atoms with Crippen molar-refractivity contribution in [3.05, 3.63) is 29.3 Å². The highest BCUT2D eigenvalue weighted by atomic mass is 32.2. The van der Waals surface area contributed by atoms with E-state index in [2.05, 4.69) is 5.32 Å². The molecule has 0 aliphatic heterocycles. The molecule has 0 saturated carbocycles. The minimum Gasteiger partial charge on any atom is -0.772 e. The third-order valence-corrected chi connectivity index (χ3v) is 2.51. The highest BCUT2D eigenvalue weighted by Gasteiger charge is 2.31. The van der Waals surface area contributed by atoms with Gasteiger partial charge in [-0.1, -0.05) is 11.1 Å². The molecule has 3 N–H and O–H groups in total. The van der Waals surface area contributed by atoms with Gasteiger partial charge in [-0.25, -0.2) is 4.79 Å². The number of halogens is 3. The van der Waals surface area contributed by atoms with Gasteiger partial charge in [-0.05, 0) is 23.8 Å². The van der Waals surface area contributed by atoms with Gasteiger partial charge in [0.05, 0.1) is 5.56 Å². The normalized spacial score (nSPS) is 13.1. The molecule has 0 saturated heterocycles. The van der Waals surface area contributed by atoms with Crippen molar-refractivity contribution in [2.24, 2.45) is 5.73 Å². The van der Waals surface area contributed by atoms with Gasteiger partial charge in [-0.3, -0.25) is 4.21 Å². The molecule has 0 bridgehead atoms. The lowest BCUT2D eigenvalue weighted by molar-refractivity contribution is -0.137. The summed E-state index contributed by atoms with van der Waals surface area (Å²) in [6.45, 7) is 0. The van der Waals surface area contributed by atoms with Crippen molar-refractivity contribution < 1.29 is 26.7 Å². The van der Waals surface area contributed by atoms with Crippen molar-refractivity contribution in [1.29, 1.82) is 0 Å². The number of rotatable bonds is 3. The molecule has 0 heterocycles. The van der Waals surface area contributed by atoms with Crippen LogP contribution in [-0.4, -0.2) is 14.8 Å². The van der Waals surface area contributed by atoms with E-state index in [0.29, 0.717) is 6.07 Å². The summed E-state index contributed by atoms with van der Waals surface area (Å²) in [5.74, 6) is -0.653. The second kappa shape index (κ2) is 5.36. The number of carbonyl (C=O) groups is 1. The molecule has 0 aromatic heterocycles. The maximum Gasteiger partial charge on any atom is 0.416 e. The van der Waals surface area contributed by atoms with Crippen LogP contribution in [0.2, 0.25) is 0 Å². The highest BCUT2D eigenvalue weighted by Crippen LogP contribution is 2.32. The topological polar surface area (TPSA) is 95.2 Å². The number of urea groups is 1. The van der Waals surface area contributed by atoms with Crippen LogP contribution in [0.5, 0.6) is 0 Å². The quantitative estimate of drug-likeness (QED) is 0.823. The molecule has 100 valence electrons. The van der Waals surface area contributed by atoms with Crippen LogP contribution >= 0.6 is 0 Å². The number of hydrogen-bond acceptors (Lipinski definition) is 3. The van der Waals surface area contributed by atoms with E-state index in [0.717, 1.165) is 12.1 Å². The SMILES string of the molecule is NC(=O)Nc1ccc(C(F)(F)F)cc1CS(=O)[O-]. The number of anilines is 1. The Morgan fingerprint density at radius 2 is 2.06 bits per heavy atom. The molecule has 5 nitrogen and oxygen atoms in total. The molecule has 2 amide bonds. The molecule has 9 heteroatoms. The molecule has 0 aliphatic rings. The Morgan fingerprint density at radius 1 is 1.44 bits per heavy atom. The van der Waals surface area contributed by atoms with Crippen LogP contribution in [0, 0.1) is 0 Å². The van der Waals surface area contributed by atoms with Gasteiger partial charge in [0.25, 0.3) is 0 Å². The van der Waals surface area contributed by atoms with Crippen LogP contribution in [0.1, 0.15) is 11.1 Å². The summed E-state index contributed by atoms with van der Waals surface area (Å²) in [5, 5.41) is 2.06. The summed E-state index contributed by atoms with van der Waals surface area (Å²) in [5.41, 5.74) is 3.57. The molecule has 0 spiro atoms. The number of benzene rings is 1. The zero-order chi connectivity index (χ0) is 13.9. The van der Waals surface area contributed by atoms with E-state index in [-0.39, 0.29) is 11.3 Å². The minimum absolute atomic E-state index is 0.0697.